The summed E-state index contributed by atoms with van der Waals surface area (Å²) in [5, 5.41) is 3.47. The van der Waals surface area contributed by atoms with Crippen LogP contribution in [-0.2, 0) is 11.5 Å². The van der Waals surface area contributed by atoms with Gasteiger partial charge in [0.2, 0.25) is 5.75 Å². The fourth-order valence-corrected chi connectivity index (χ4v) is 5.02. The maximum atomic E-state index is 15.0. The van der Waals surface area contributed by atoms with Crippen LogP contribution in [0.1, 0.15) is 63.0 Å². The molecule has 1 aliphatic carbocycles. The fraction of sp³-hybridized carbons (Fsp3) is 0.500. The van der Waals surface area contributed by atoms with E-state index in [-0.39, 0.29) is 28.6 Å². The van der Waals surface area contributed by atoms with Gasteiger partial charge in [-0.2, -0.15) is 0 Å². The molecule has 1 aliphatic rings. The Morgan fingerprint density at radius 2 is 2.06 bits per heavy atom. The van der Waals surface area contributed by atoms with Gasteiger partial charge in [0, 0.05) is 18.7 Å². The molecule has 0 aliphatic heterocycles. The van der Waals surface area contributed by atoms with Gasteiger partial charge in [-0.1, -0.05) is 31.5 Å². The number of alkyl halides is 3. The molecule has 10 heteroatoms. The Hall–Kier alpha value is -3.17. The normalized spacial score (nSPS) is 20.4. The SMILES string of the molecule is CCCC1CC1(CF)n1cc2c(N[C@H](C)c3cccc(C(C)(F)F)c3F)nc(C)nc2c(OC)c1=O. The minimum absolute atomic E-state index is 0.0154. The van der Waals surface area contributed by atoms with Crippen molar-refractivity contribution in [2.24, 2.45) is 5.92 Å². The highest BCUT2D eigenvalue weighted by Gasteiger charge is 2.56. The monoisotopic (exact) mass is 506 g/mol. The number of pyridine rings is 1. The van der Waals surface area contributed by atoms with Crippen LogP contribution in [-0.4, -0.2) is 28.3 Å². The molecule has 4 rings (SSSR count). The number of hydrogen-bond donors (Lipinski definition) is 1. The summed E-state index contributed by atoms with van der Waals surface area (Å²) in [4.78, 5) is 22.1. The zero-order chi connectivity index (χ0) is 26.4. The summed E-state index contributed by atoms with van der Waals surface area (Å²) in [6, 6.07) is 3.09. The first-order valence-corrected chi connectivity index (χ1v) is 12.0. The zero-order valence-electron chi connectivity index (χ0n) is 21.0. The van der Waals surface area contributed by atoms with Gasteiger partial charge in [0.1, 0.15) is 29.7 Å². The van der Waals surface area contributed by atoms with Crippen LogP contribution in [0.25, 0.3) is 10.9 Å². The van der Waals surface area contributed by atoms with Gasteiger partial charge in [-0.15, -0.1) is 0 Å². The second kappa shape index (κ2) is 9.37. The molecule has 2 aromatic heterocycles. The van der Waals surface area contributed by atoms with Crippen molar-refractivity contribution < 1.29 is 22.3 Å². The molecule has 1 N–H and O–H groups in total. The molecule has 0 saturated heterocycles. The van der Waals surface area contributed by atoms with Gasteiger partial charge in [-0.25, -0.2) is 27.5 Å². The molecule has 3 atom stereocenters. The molecule has 1 saturated carbocycles. The number of halogens is 4. The summed E-state index contributed by atoms with van der Waals surface area (Å²) >= 11 is 0. The Morgan fingerprint density at radius 3 is 2.67 bits per heavy atom. The van der Waals surface area contributed by atoms with Gasteiger partial charge in [0.05, 0.1) is 29.6 Å². The maximum Gasteiger partial charge on any atom is 0.295 e. The first-order valence-electron chi connectivity index (χ1n) is 12.0. The molecular formula is C26H30F4N4O2. The predicted octanol–water partition coefficient (Wildman–Crippen LogP) is 6.02. The lowest BCUT2D eigenvalue weighted by atomic mass is 10.0. The van der Waals surface area contributed by atoms with E-state index in [2.05, 4.69) is 15.3 Å². The van der Waals surface area contributed by atoms with Gasteiger partial charge in [0.25, 0.3) is 11.5 Å². The van der Waals surface area contributed by atoms with E-state index in [1.54, 1.807) is 13.8 Å². The molecular weight excluding hydrogens is 476 g/mol. The average Bonchev–Trinajstić information content (AvgIpc) is 3.52. The van der Waals surface area contributed by atoms with Gasteiger partial charge in [-0.05, 0) is 32.6 Å². The highest BCUT2D eigenvalue weighted by atomic mass is 19.3. The number of aryl methyl sites for hydroxylation is 1. The van der Waals surface area contributed by atoms with Crippen molar-refractivity contribution in [3.05, 3.63) is 57.5 Å². The molecule has 0 amide bonds. The highest BCUT2D eigenvalue weighted by Crippen LogP contribution is 2.53. The molecule has 6 nitrogen and oxygen atoms in total. The zero-order valence-corrected chi connectivity index (χ0v) is 21.0. The van der Waals surface area contributed by atoms with Crippen LogP contribution >= 0.6 is 0 Å². The minimum atomic E-state index is -3.35. The number of fused-ring (bicyclic) bond motifs is 1. The molecule has 36 heavy (non-hydrogen) atoms. The van der Waals surface area contributed by atoms with E-state index < -0.39 is 41.1 Å². The third-order valence-electron chi connectivity index (χ3n) is 7.02. The number of nitrogens with zero attached hydrogens (tertiary/aromatic N) is 3. The summed E-state index contributed by atoms with van der Waals surface area (Å²) in [5.74, 6) is -3.80. The third kappa shape index (κ3) is 4.30. The van der Waals surface area contributed by atoms with Crippen LogP contribution in [0.3, 0.4) is 0 Å². The van der Waals surface area contributed by atoms with E-state index in [4.69, 9.17) is 4.74 Å². The summed E-state index contributed by atoms with van der Waals surface area (Å²) < 4.78 is 63.9. The van der Waals surface area contributed by atoms with E-state index in [1.165, 1.54) is 30.0 Å². The molecule has 0 spiro atoms. The van der Waals surface area contributed by atoms with Crippen molar-refractivity contribution in [2.75, 3.05) is 19.1 Å². The van der Waals surface area contributed by atoms with Crippen molar-refractivity contribution in [3.8, 4) is 5.75 Å². The summed E-state index contributed by atoms with van der Waals surface area (Å²) in [5.41, 5.74) is -1.88. The number of aromatic nitrogens is 3. The van der Waals surface area contributed by atoms with Crippen LogP contribution in [0.4, 0.5) is 23.4 Å². The predicted molar refractivity (Wildman–Crippen MR) is 130 cm³/mol. The number of anilines is 1. The van der Waals surface area contributed by atoms with Gasteiger partial charge in [0.15, 0.2) is 0 Å². The largest absolute Gasteiger partial charge is 0.490 e. The molecule has 2 unspecified atom stereocenters. The van der Waals surface area contributed by atoms with E-state index in [9.17, 15) is 18.0 Å². The van der Waals surface area contributed by atoms with Gasteiger partial charge < -0.3 is 14.6 Å². The fourth-order valence-electron chi connectivity index (χ4n) is 5.02. The van der Waals surface area contributed by atoms with Crippen molar-refractivity contribution in [2.45, 2.75) is 64.5 Å². The summed E-state index contributed by atoms with van der Waals surface area (Å²) in [6.45, 7) is 5.19. The molecule has 194 valence electrons. The first-order chi connectivity index (χ1) is 17.0. The molecule has 1 fully saturated rings. The van der Waals surface area contributed by atoms with Crippen LogP contribution in [0, 0.1) is 18.7 Å². The number of ether oxygens (including phenoxy) is 1. The summed E-state index contributed by atoms with van der Waals surface area (Å²) in [7, 11) is 1.35. The maximum absolute atomic E-state index is 15.0. The van der Waals surface area contributed by atoms with E-state index in [0.717, 1.165) is 18.9 Å². The smallest absolute Gasteiger partial charge is 0.295 e. The molecule has 1 aromatic carbocycles. The van der Waals surface area contributed by atoms with Crippen LogP contribution in [0.5, 0.6) is 5.75 Å². The number of benzene rings is 1. The molecule has 0 bridgehead atoms. The number of methoxy groups -OCH3 is 1. The Morgan fingerprint density at radius 1 is 1.33 bits per heavy atom. The number of rotatable bonds is 9. The van der Waals surface area contributed by atoms with Crippen molar-refractivity contribution >= 4 is 16.7 Å². The Labute approximate surface area is 206 Å². The van der Waals surface area contributed by atoms with Crippen LogP contribution < -0.4 is 15.6 Å². The molecule has 2 heterocycles. The number of hydrogen-bond acceptors (Lipinski definition) is 5. The van der Waals surface area contributed by atoms with E-state index in [1.807, 2.05) is 6.92 Å². The van der Waals surface area contributed by atoms with Crippen molar-refractivity contribution in [3.63, 3.8) is 0 Å². The lowest BCUT2D eigenvalue weighted by Gasteiger charge is -2.22. The standard InChI is InChI=1S/C26H30F4N4O2/c1-6-8-16-11-26(16,13-27)34-12-18-21(22(36-5)24(34)35)32-15(3)33-23(18)31-14(2)17-9-7-10-19(20(17)28)25(4,29)30/h7,9-10,12,14,16H,6,8,11,13H2,1-5H3,(H,31,32,33)/t14-,16?,26?/m1/s1. The topological polar surface area (TPSA) is 69.0 Å². The van der Waals surface area contributed by atoms with Crippen LogP contribution in [0.2, 0.25) is 0 Å². The first kappa shape index (κ1) is 25.9. The average molecular weight is 507 g/mol. The van der Waals surface area contributed by atoms with Crippen molar-refractivity contribution in [1.82, 2.24) is 14.5 Å². The Kier molecular flexibility index (Phi) is 6.74. The lowest BCUT2D eigenvalue weighted by molar-refractivity contribution is 0.0136. The lowest BCUT2D eigenvalue weighted by Crippen LogP contribution is -2.34. The van der Waals surface area contributed by atoms with Crippen LogP contribution in [0.15, 0.2) is 29.2 Å². The molecule has 0 radical (unpaired) electrons. The summed E-state index contributed by atoms with van der Waals surface area (Å²) in [6.07, 6.45) is 3.69. The van der Waals surface area contributed by atoms with E-state index in [0.29, 0.717) is 24.6 Å². The van der Waals surface area contributed by atoms with Gasteiger partial charge >= 0.3 is 0 Å². The Balaban J connectivity index is 1.85. The second-order valence-electron chi connectivity index (χ2n) is 9.61. The quantitative estimate of drug-likeness (QED) is 0.360. The minimum Gasteiger partial charge on any atom is -0.490 e. The third-order valence-corrected chi connectivity index (χ3v) is 7.02. The second-order valence-corrected chi connectivity index (χ2v) is 9.61. The highest BCUT2D eigenvalue weighted by molar-refractivity contribution is 5.92. The molecule has 3 aromatic rings. The number of nitrogens with one attached hydrogen (secondary N) is 1. The van der Waals surface area contributed by atoms with E-state index >= 15 is 4.39 Å². The van der Waals surface area contributed by atoms with Crippen molar-refractivity contribution in [1.29, 1.82) is 0 Å². The Bertz CT molecular complexity index is 1350. The van der Waals surface area contributed by atoms with Gasteiger partial charge in [-0.3, -0.25) is 4.79 Å².